The average molecular weight is 454 g/mol. The number of aliphatic carboxylic acids is 1. The van der Waals surface area contributed by atoms with Gasteiger partial charge in [-0.1, -0.05) is 29.3 Å². The van der Waals surface area contributed by atoms with Crippen molar-refractivity contribution in [3.63, 3.8) is 0 Å². The number of imide groups is 1. The van der Waals surface area contributed by atoms with Gasteiger partial charge in [0.2, 0.25) is 0 Å². The van der Waals surface area contributed by atoms with Gasteiger partial charge in [-0.05, 0) is 53.7 Å². The van der Waals surface area contributed by atoms with Crippen LogP contribution in [-0.2, 0) is 9.59 Å². The van der Waals surface area contributed by atoms with E-state index in [9.17, 15) is 14.4 Å². The fourth-order valence-corrected chi connectivity index (χ4v) is 3.63. The summed E-state index contributed by atoms with van der Waals surface area (Å²) in [5.74, 6) is -1.07. The van der Waals surface area contributed by atoms with E-state index in [-0.39, 0.29) is 15.7 Å². The number of benzene rings is 2. The second-order valence-electron chi connectivity index (χ2n) is 5.71. The number of carbonyl (C=O) groups is 3. The Hall–Kier alpha value is -2.68. The summed E-state index contributed by atoms with van der Waals surface area (Å²) in [5, 5.41) is 8.80. The largest absolute Gasteiger partial charge is 0.493 e. The molecule has 1 saturated heterocycles. The lowest BCUT2D eigenvalue weighted by atomic mass is 10.2. The van der Waals surface area contributed by atoms with Crippen LogP contribution in [0.1, 0.15) is 5.56 Å². The van der Waals surface area contributed by atoms with Crippen LogP contribution in [0, 0.1) is 0 Å². The van der Waals surface area contributed by atoms with Crippen molar-refractivity contribution in [2.45, 2.75) is 0 Å². The van der Waals surface area contributed by atoms with Crippen molar-refractivity contribution in [3.05, 3.63) is 56.9 Å². The molecule has 1 fully saturated rings. The smallest absolute Gasteiger partial charge is 0.341 e. The molecule has 2 amide bonds. The number of thioether (sulfide) groups is 1. The minimum absolute atomic E-state index is 0.210. The number of nitrogens with zero attached hydrogens (tertiary/aromatic N) is 1. The van der Waals surface area contributed by atoms with Crippen LogP contribution in [0.2, 0.25) is 10.0 Å². The van der Waals surface area contributed by atoms with Crippen molar-refractivity contribution in [1.29, 1.82) is 0 Å². The van der Waals surface area contributed by atoms with E-state index in [0.29, 0.717) is 22.0 Å². The fourth-order valence-electron chi connectivity index (χ4n) is 2.50. The summed E-state index contributed by atoms with van der Waals surface area (Å²) in [5.41, 5.74) is 0.893. The van der Waals surface area contributed by atoms with Gasteiger partial charge in [-0.2, -0.15) is 0 Å². The number of carboxylic acid groups (broad SMARTS) is 1. The first-order chi connectivity index (χ1) is 13.8. The molecule has 3 rings (SSSR count). The van der Waals surface area contributed by atoms with Crippen LogP contribution in [-0.4, -0.2) is 35.9 Å². The van der Waals surface area contributed by atoms with Gasteiger partial charge < -0.3 is 14.6 Å². The number of hydrogen-bond acceptors (Lipinski definition) is 6. The normalized spacial score (nSPS) is 15.1. The van der Waals surface area contributed by atoms with Gasteiger partial charge in [0, 0.05) is 0 Å². The Kier molecular flexibility index (Phi) is 6.36. The highest BCUT2D eigenvalue weighted by atomic mass is 35.5. The standard InChI is InChI=1S/C19H13Cl2NO6S/c1-27-15-6-10(2-5-14(15)28-9-17(23)24)7-16-18(25)22(19(26)29-16)11-3-4-12(20)13(21)8-11/h2-8H,9H2,1H3,(H,23,24)/b16-7-. The predicted molar refractivity (Wildman–Crippen MR) is 111 cm³/mol. The maximum absolute atomic E-state index is 12.7. The maximum Gasteiger partial charge on any atom is 0.341 e. The zero-order chi connectivity index (χ0) is 21.1. The summed E-state index contributed by atoms with van der Waals surface area (Å²) < 4.78 is 10.3. The number of carboxylic acids is 1. The van der Waals surface area contributed by atoms with E-state index in [1.807, 2.05) is 0 Å². The topological polar surface area (TPSA) is 93.1 Å². The van der Waals surface area contributed by atoms with Gasteiger partial charge >= 0.3 is 5.97 Å². The van der Waals surface area contributed by atoms with Crippen LogP contribution in [0.15, 0.2) is 41.3 Å². The Morgan fingerprint density at radius 2 is 1.90 bits per heavy atom. The minimum atomic E-state index is -1.12. The molecule has 1 aliphatic heterocycles. The lowest BCUT2D eigenvalue weighted by Gasteiger charge is -2.13. The van der Waals surface area contributed by atoms with Gasteiger partial charge in [0.25, 0.3) is 11.1 Å². The summed E-state index contributed by atoms with van der Waals surface area (Å²) in [6.45, 7) is -0.516. The quantitative estimate of drug-likeness (QED) is 0.632. The number of ether oxygens (including phenoxy) is 2. The van der Waals surface area contributed by atoms with E-state index in [1.165, 1.54) is 37.5 Å². The van der Waals surface area contributed by atoms with Crippen molar-refractivity contribution >= 4 is 63.8 Å². The molecular weight excluding hydrogens is 441 g/mol. The Morgan fingerprint density at radius 3 is 2.55 bits per heavy atom. The molecule has 1 aliphatic rings. The molecule has 0 radical (unpaired) electrons. The van der Waals surface area contributed by atoms with Crippen LogP contribution in [0.5, 0.6) is 11.5 Å². The Bertz CT molecular complexity index is 1040. The van der Waals surface area contributed by atoms with Crippen LogP contribution in [0.3, 0.4) is 0 Å². The number of amides is 2. The van der Waals surface area contributed by atoms with Gasteiger partial charge in [-0.3, -0.25) is 9.59 Å². The highest BCUT2D eigenvalue weighted by molar-refractivity contribution is 8.19. The molecule has 150 valence electrons. The molecule has 1 N–H and O–H groups in total. The summed E-state index contributed by atoms with van der Waals surface area (Å²) in [4.78, 5) is 37.0. The number of anilines is 1. The second kappa shape index (κ2) is 8.77. The molecule has 10 heteroatoms. The van der Waals surface area contributed by atoms with Crippen molar-refractivity contribution in [2.75, 3.05) is 18.6 Å². The molecule has 2 aromatic rings. The second-order valence-corrected chi connectivity index (χ2v) is 7.52. The molecule has 0 unspecified atom stereocenters. The molecule has 0 aliphatic carbocycles. The summed E-state index contributed by atoms with van der Waals surface area (Å²) in [7, 11) is 1.41. The number of hydrogen-bond donors (Lipinski definition) is 1. The number of rotatable bonds is 6. The van der Waals surface area contributed by atoms with Crippen LogP contribution < -0.4 is 14.4 Å². The Morgan fingerprint density at radius 1 is 1.14 bits per heavy atom. The predicted octanol–water partition coefficient (Wildman–Crippen LogP) is 4.71. The van der Waals surface area contributed by atoms with E-state index >= 15 is 0 Å². The first-order valence-corrected chi connectivity index (χ1v) is 9.63. The molecular formula is C19H13Cl2NO6S. The molecule has 0 aromatic heterocycles. The zero-order valence-corrected chi connectivity index (χ0v) is 17.2. The van der Waals surface area contributed by atoms with E-state index in [0.717, 1.165) is 16.7 Å². The third kappa shape index (κ3) is 4.67. The molecule has 0 saturated carbocycles. The molecule has 2 aromatic carbocycles. The summed E-state index contributed by atoms with van der Waals surface area (Å²) >= 11 is 12.7. The van der Waals surface area contributed by atoms with E-state index in [2.05, 4.69) is 0 Å². The third-order valence-corrected chi connectivity index (χ3v) is 5.40. The Balaban J connectivity index is 1.87. The highest BCUT2D eigenvalue weighted by Crippen LogP contribution is 2.38. The van der Waals surface area contributed by atoms with Gasteiger partial charge in [0.05, 0.1) is 27.7 Å². The lowest BCUT2D eigenvalue weighted by Crippen LogP contribution is -2.27. The van der Waals surface area contributed by atoms with Crippen LogP contribution in [0.25, 0.3) is 6.08 Å². The molecule has 0 spiro atoms. The van der Waals surface area contributed by atoms with E-state index in [4.69, 9.17) is 37.8 Å². The van der Waals surface area contributed by atoms with Gasteiger partial charge in [-0.25, -0.2) is 9.69 Å². The monoisotopic (exact) mass is 453 g/mol. The summed E-state index contributed by atoms with van der Waals surface area (Å²) in [6, 6.07) is 9.20. The van der Waals surface area contributed by atoms with Gasteiger partial charge in [-0.15, -0.1) is 0 Å². The van der Waals surface area contributed by atoms with Crippen LogP contribution in [0.4, 0.5) is 10.5 Å². The molecule has 1 heterocycles. The number of methoxy groups -OCH3 is 1. The van der Waals surface area contributed by atoms with Crippen molar-refractivity contribution < 1.29 is 29.0 Å². The third-order valence-electron chi connectivity index (χ3n) is 3.79. The minimum Gasteiger partial charge on any atom is -0.493 e. The summed E-state index contributed by atoms with van der Waals surface area (Å²) in [6.07, 6.45) is 1.53. The SMILES string of the molecule is COc1cc(/C=C2\SC(=O)N(c3ccc(Cl)c(Cl)c3)C2=O)ccc1OCC(=O)O. The molecule has 7 nitrogen and oxygen atoms in total. The molecule has 29 heavy (non-hydrogen) atoms. The number of halogens is 2. The van der Waals surface area contributed by atoms with Crippen molar-refractivity contribution in [2.24, 2.45) is 0 Å². The first kappa shape index (κ1) is 21.0. The molecule has 0 bridgehead atoms. The Labute approximate surface area is 179 Å². The lowest BCUT2D eigenvalue weighted by molar-refractivity contribution is -0.139. The van der Waals surface area contributed by atoms with Gasteiger partial charge in [0.15, 0.2) is 18.1 Å². The first-order valence-electron chi connectivity index (χ1n) is 8.06. The maximum atomic E-state index is 12.7. The number of carbonyl (C=O) groups excluding carboxylic acids is 2. The fraction of sp³-hybridized carbons (Fsp3) is 0.105. The van der Waals surface area contributed by atoms with E-state index in [1.54, 1.807) is 12.1 Å². The highest BCUT2D eigenvalue weighted by Gasteiger charge is 2.36. The van der Waals surface area contributed by atoms with Gasteiger partial charge in [0.1, 0.15) is 0 Å². The van der Waals surface area contributed by atoms with Crippen LogP contribution >= 0.6 is 35.0 Å². The van der Waals surface area contributed by atoms with Crippen molar-refractivity contribution in [1.82, 2.24) is 0 Å². The van der Waals surface area contributed by atoms with Crippen molar-refractivity contribution in [3.8, 4) is 11.5 Å². The zero-order valence-electron chi connectivity index (χ0n) is 14.8. The average Bonchev–Trinajstić information content (AvgIpc) is 2.96. The molecule has 0 atom stereocenters. The van der Waals surface area contributed by atoms with E-state index < -0.39 is 23.7 Å².